The van der Waals surface area contributed by atoms with Crippen LogP contribution in [0.1, 0.15) is 18.1 Å². The zero-order valence-corrected chi connectivity index (χ0v) is 13.9. The van der Waals surface area contributed by atoms with Crippen molar-refractivity contribution in [3.63, 3.8) is 0 Å². The minimum absolute atomic E-state index is 0.0552. The van der Waals surface area contributed by atoms with Crippen LogP contribution in [-0.4, -0.2) is 30.4 Å². The minimum atomic E-state index is -0.455. The Morgan fingerprint density at radius 2 is 1.96 bits per heavy atom. The number of phenols is 1. The zero-order valence-electron chi connectivity index (χ0n) is 13.9. The molecule has 0 spiro atoms. The van der Waals surface area contributed by atoms with Gasteiger partial charge in [0.25, 0.3) is 5.91 Å². The number of nitrogens with one attached hydrogen (secondary N) is 2. The average Bonchev–Trinajstić information content (AvgIpc) is 2.58. The number of nitrogens with zero attached hydrogens (tertiary/aromatic N) is 1. The first-order valence-electron chi connectivity index (χ1n) is 7.52. The van der Waals surface area contributed by atoms with E-state index in [0.29, 0.717) is 11.3 Å². The highest BCUT2D eigenvalue weighted by atomic mass is 16.5. The van der Waals surface area contributed by atoms with Crippen molar-refractivity contribution in [3.05, 3.63) is 53.6 Å². The molecule has 0 aromatic heterocycles. The van der Waals surface area contributed by atoms with Gasteiger partial charge in [-0.3, -0.25) is 4.79 Å². The molecule has 0 heterocycles. The molecule has 0 saturated carbocycles. The summed E-state index contributed by atoms with van der Waals surface area (Å²) in [5.74, 6) is 0.365. The highest BCUT2D eigenvalue weighted by molar-refractivity contribution is 5.88. The molecule has 0 saturated heterocycles. The normalized spacial score (nSPS) is 12.0. The Labute approximate surface area is 141 Å². The van der Waals surface area contributed by atoms with Gasteiger partial charge < -0.3 is 15.2 Å². The standard InChI is InChI=1S/C18H21N3O3/c1-12-4-6-15(7-5-12)20-13(2)18(23)21-19-11-14-10-16(24-3)8-9-17(14)22/h4-11,13,20,22H,1-3H3,(H,21,23)/b19-11+/t13-/m0/s1. The van der Waals surface area contributed by atoms with E-state index < -0.39 is 6.04 Å². The molecule has 0 unspecified atom stereocenters. The summed E-state index contributed by atoms with van der Waals surface area (Å²) < 4.78 is 5.08. The number of methoxy groups -OCH3 is 1. The molecule has 2 aromatic carbocycles. The zero-order chi connectivity index (χ0) is 17.5. The third-order valence-corrected chi connectivity index (χ3v) is 3.44. The van der Waals surface area contributed by atoms with Crippen LogP contribution in [0.3, 0.4) is 0 Å². The summed E-state index contributed by atoms with van der Waals surface area (Å²) >= 11 is 0. The van der Waals surface area contributed by atoms with Crippen molar-refractivity contribution >= 4 is 17.8 Å². The summed E-state index contributed by atoms with van der Waals surface area (Å²) in [5.41, 5.74) is 4.91. The quantitative estimate of drug-likeness (QED) is 0.563. The van der Waals surface area contributed by atoms with Crippen molar-refractivity contribution in [1.29, 1.82) is 0 Å². The number of hydrazone groups is 1. The second kappa shape index (κ2) is 8.01. The molecule has 24 heavy (non-hydrogen) atoms. The molecular weight excluding hydrogens is 306 g/mol. The first-order valence-corrected chi connectivity index (χ1v) is 7.52. The van der Waals surface area contributed by atoms with Gasteiger partial charge >= 0.3 is 0 Å². The average molecular weight is 327 g/mol. The number of phenolic OH excluding ortho intramolecular Hbond substituents is 1. The van der Waals surface area contributed by atoms with Crippen molar-refractivity contribution in [2.45, 2.75) is 19.9 Å². The number of hydrogen-bond donors (Lipinski definition) is 3. The summed E-state index contributed by atoms with van der Waals surface area (Å²) in [6.45, 7) is 3.75. The van der Waals surface area contributed by atoms with Crippen molar-refractivity contribution in [3.8, 4) is 11.5 Å². The Bertz CT molecular complexity index is 727. The number of carbonyl (C=O) groups excluding carboxylic acids is 1. The van der Waals surface area contributed by atoms with Crippen LogP contribution in [0.4, 0.5) is 5.69 Å². The number of ether oxygens (including phenoxy) is 1. The maximum atomic E-state index is 12.0. The van der Waals surface area contributed by atoms with Crippen LogP contribution in [0.25, 0.3) is 0 Å². The van der Waals surface area contributed by atoms with E-state index in [4.69, 9.17) is 4.74 Å². The van der Waals surface area contributed by atoms with Crippen LogP contribution in [0.5, 0.6) is 11.5 Å². The molecule has 0 aliphatic heterocycles. The third-order valence-electron chi connectivity index (χ3n) is 3.44. The van der Waals surface area contributed by atoms with Gasteiger partial charge in [-0.15, -0.1) is 0 Å². The summed E-state index contributed by atoms with van der Waals surface area (Å²) in [7, 11) is 1.54. The monoisotopic (exact) mass is 327 g/mol. The Hall–Kier alpha value is -3.02. The van der Waals surface area contributed by atoms with Crippen molar-refractivity contribution in [2.75, 3.05) is 12.4 Å². The van der Waals surface area contributed by atoms with Crippen molar-refractivity contribution in [2.24, 2.45) is 5.10 Å². The smallest absolute Gasteiger partial charge is 0.262 e. The number of aryl methyl sites for hydroxylation is 1. The molecule has 0 aliphatic carbocycles. The van der Waals surface area contributed by atoms with Crippen LogP contribution >= 0.6 is 0 Å². The Kier molecular flexibility index (Phi) is 5.78. The molecule has 0 fully saturated rings. The lowest BCUT2D eigenvalue weighted by Crippen LogP contribution is -2.34. The molecule has 6 nitrogen and oxygen atoms in total. The Balaban J connectivity index is 1.93. The van der Waals surface area contributed by atoms with Crippen LogP contribution in [0.2, 0.25) is 0 Å². The number of amides is 1. The van der Waals surface area contributed by atoms with E-state index in [1.54, 1.807) is 19.1 Å². The number of anilines is 1. The lowest BCUT2D eigenvalue weighted by molar-refractivity contribution is -0.121. The highest BCUT2D eigenvalue weighted by Crippen LogP contribution is 2.20. The van der Waals surface area contributed by atoms with Gasteiger partial charge in [-0.2, -0.15) is 5.10 Å². The van der Waals surface area contributed by atoms with Gasteiger partial charge in [-0.1, -0.05) is 17.7 Å². The van der Waals surface area contributed by atoms with Crippen molar-refractivity contribution < 1.29 is 14.6 Å². The Morgan fingerprint density at radius 1 is 1.25 bits per heavy atom. The van der Waals surface area contributed by atoms with Crippen LogP contribution < -0.4 is 15.5 Å². The maximum absolute atomic E-state index is 12.0. The van der Waals surface area contributed by atoms with E-state index in [9.17, 15) is 9.90 Å². The van der Waals surface area contributed by atoms with E-state index >= 15 is 0 Å². The molecule has 2 rings (SSSR count). The van der Waals surface area contributed by atoms with E-state index in [-0.39, 0.29) is 11.7 Å². The molecule has 0 bridgehead atoms. The van der Waals surface area contributed by atoms with E-state index in [1.807, 2.05) is 31.2 Å². The predicted octanol–water partition coefficient (Wildman–Crippen LogP) is 2.66. The number of benzene rings is 2. The first kappa shape index (κ1) is 17.3. The van der Waals surface area contributed by atoms with E-state index in [1.165, 1.54) is 19.4 Å². The first-order chi connectivity index (χ1) is 11.5. The number of hydrogen-bond acceptors (Lipinski definition) is 5. The SMILES string of the molecule is COc1ccc(O)c(/C=N/NC(=O)[C@H](C)Nc2ccc(C)cc2)c1. The number of rotatable bonds is 6. The van der Waals surface area contributed by atoms with Gasteiger partial charge in [0.05, 0.1) is 13.3 Å². The van der Waals surface area contributed by atoms with Gasteiger partial charge in [0.1, 0.15) is 17.5 Å². The molecule has 2 aromatic rings. The molecule has 1 amide bonds. The third kappa shape index (κ3) is 4.74. The topological polar surface area (TPSA) is 83.0 Å². The minimum Gasteiger partial charge on any atom is -0.507 e. The van der Waals surface area contributed by atoms with Crippen LogP contribution in [0.15, 0.2) is 47.6 Å². The van der Waals surface area contributed by atoms with Gasteiger partial charge in [-0.05, 0) is 44.2 Å². The number of aromatic hydroxyl groups is 1. The number of carbonyl (C=O) groups is 1. The molecule has 1 atom stereocenters. The molecule has 6 heteroatoms. The second-order valence-corrected chi connectivity index (χ2v) is 5.39. The summed E-state index contributed by atoms with van der Waals surface area (Å²) in [6, 6.07) is 12.1. The summed E-state index contributed by atoms with van der Waals surface area (Å²) in [4.78, 5) is 12.0. The van der Waals surface area contributed by atoms with E-state index in [2.05, 4.69) is 15.8 Å². The Morgan fingerprint density at radius 3 is 2.62 bits per heavy atom. The largest absolute Gasteiger partial charge is 0.507 e. The molecule has 0 radical (unpaired) electrons. The summed E-state index contributed by atoms with van der Waals surface area (Å²) in [6.07, 6.45) is 1.37. The van der Waals surface area contributed by atoms with Crippen molar-refractivity contribution in [1.82, 2.24) is 5.43 Å². The van der Waals surface area contributed by atoms with Gasteiger partial charge in [-0.25, -0.2) is 5.43 Å². The molecule has 0 aliphatic rings. The maximum Gasteiger partial charge on any atom is 0.262 e. The summed E-state index contributed by atoms with van der Waals surface area (Å²) in [5, 5.41) is 16.7. The van der Waals surface area contributed by atoms with Gasteiger partial charge in [0.2, 0.25) is 0 Å². The fourth-order valence-corrected chi connectivity index (χ4v) is 1.99. The van der Waals surface area contributed by atoms with Gasteiger partial charge in [0, 0.05) is 11.3 Å². The predicted molar refractivity (Wildman–Crippen MR) is 94.7 cm³/mol. The molecule has 3 N–H and O–H groups in total. The highest BCUT2D eigenvalue weighted by Gasteiger charge is 2.11. The molecule has 126 valence electrons. The lowest BCUT2D eigenvalue weighted by Gasteiger charge is -2.13. The second-order valence-electron chi connectivity index (χ2n) is 5.39. The fourth-order valence-electron chi connectivity index (χ4n) is 1.99. The fraction of sp³-hybridized carbons (Fsp3) is 0.222. The van der Waals surface area contributed by atoms with Crippen LogP contribution in [0, 0.1) is 6.92 Å². The van der Waals surface area contributed by atoms with Crippen LogP contribution in [-0.2, 0) is 4.79 Å². The lowest BCUT2D eigenvalue weighted by atomic mass is 10.2. The van der Waals surface area contributed by atoms with Gasteiger partial charge in [0.15, 0.2) is 0 Å². The molecular formula is C18H21N3O3. The van der Waals surface area contributed by atoms with E-state index in [0.717, 1.165) is 11.3 Å².